The first-order valence-electron chi connectivity index (χ1n) is 7.02. The molecule has 5 nitrogen and oxygen atoms in total. The van der Waals surface area contributed by atoms with E-state index < -0.39 is 14.6 Å². The summed E-state index contributed by atoms with van der Waals surface area (Å²) in [7, 11) is -3.17. The van der Waals surface area contributed by atoms with E-state index in [2.05, 4.69) is 5.43 Å². The first-order chi connectivity index (χ1) is 8.72. The fourth-order valence-corrected chi connectivity index (χ4v) is 4.13. The van der Waals surface area contributed by atoms with Gasteiger partial charge in [0.25, 0.3) is 0 Å². The van der Waals surface area contributed by atoms with Gasteiger partial charge in [-0.1, -0.05) is 0 Å². The third kappa shape index (κ3) is 2.68. The van der Waals surface area contributed by atoms with Crippen LogP contribution in [0.5, 0.6) is 0 Å². The van der Waals surface area contributed by atoms with Gasteiger partial charge in [0.2, 0.25) is 0 Å². The van der Waals surface area contributed by atoms with E-state index in [1.807, 2.05) is 0 Å². The minimum atomic E-state index is -3.17. The average Bonchev–Trinajstić information content (AvgIpc) is 2.26. The molecule has 0 aromatic carbocycles. The van der Waals surface area contributed by atoms with Gasteiger partial charge in [0.1, 0.15) is 0 Å². The molecule has 3 N–H and O–H groups in total. The van der Waals surface area contributed by atoms with Gasteiger partial charge in [-0.3, -0.25) is 11.3 Å². The van der Waals surface area contributed by atoms with Crippen molar-refractivity contribution in [3.8, 4) is 0 Å². The summed E-state index contributed by atoms with van der Waals surface area (Å²) in [4.78, 5) is 0. The average molecular weight is 290 g/mol. The van der Waals surface area contributed by atoms with Crippen molar-refractivity contribution in [3.05, 3.63) is 0 Å². The molecule has 2 aliphatic rings. The molecule has 2 atom stereocenters. The van der Waals surface area contributed by atoms with Gasteiger partial charge < -0.3 is 4.74 Å². The van der Waals surface area contributed by atoms with Crippen molar-refractivity contribution in [2.45, 2.75) is 62.3 Å². The minimum absolute atomic E-state index is 0.00556. The Balaban J connectivity index is 2.17. The summed E-state index contributed by atoms with van der Waals surface area (Å²) >= 11 is 0. The van der Waals surface area contributed by atoms with Gasteiger partial charge >= 0.3 is 0 Å². The SMILES string of the molecule is CC(C)(C(NN)C1CCOC2(CCC2)C1)S(C)(=O)=O. The van der Waals surface area contributed by atoms with Crippen LogP contribution in [0.2, 0.25) is 0 Å². The Morgan fingerprint density at radius 2 is 2.05 bits per heavy atom. The lowest BCUT2D eigenvalue weighted by molar-refractivity contribution is -0.148. The first kappa shape index (κ1) is 15.2. The molecule has 0 aromatic rings. The van der Waals surface area contributed by atoms with Crippen molar-refractivity contribution in [1.29, 1.82) is 0 Å². The van der Waals surface area contributed by atoms with E-state index in [-0.39, 0.29) is 17.6 Å². The maximum absolute atomic E-state index is 12.0. The molecule has 2 rings (SSSR count). The molecule has 1 spiro atoms. The highest BCUT2D eigenvalue weighted by Gasteiger charge is 2.49. The molecule has 112 valence electrons. The van der Waals surface area contributed by atoms with E-state index in [1.165, 1.54) is 12.7 Å². The predicted octanol–water partition coefficient (Wildman–Crippen LogP) is 0.991. The minimum Gasteiger partial charge on any atom is -0.375 e. The molecule has 1 aliphatic heterocycles. The molecule has 2 unspecified atom stereocenters. The molecule has 0 amide bonds. The number of hydrogen-bond acceptors (Lipinski definition) is 5. The first-order valence-corrected chi connectivity index (χ1v) is 8.91. The van der Waals surface area contributed by atoms with E-state index >= 15 is 0 Å². The second kappa shape index (κ2) is 4.98. The Morgan fingerprint density at radius 1 is 1.42 bits per heavy atom. The Bertz CT molecular complexity index is 429. The van der Waals surface area contributed by atoms with E-state index in [0.29, 0.717) is 6.61 Å². The molecule has 0 radical (unpaired) electrons. The number of rotatable bonds is 4. The number of ether oxygens (including phenoxy) is 1. The number of nitrogens with two attached hydrogens (primary N) is 1. The third-order valence-corrected chi connectivity index (χ3v) is 7.32. The molecule has 2 fully saturated rings. The van der Waals surface area contributed by atoms with Crippen LogP contribution >= 0.6 is 0 Å². The molecule has 1 saturated carbocycles. The number of sulfone groups is 1. The zero-order valence-corrected chi connectivity index (χ0v) is 12.9. The zero-order chi connectivity index (χ0) is 14.3. The van der Waals surface area contributed by atoms with Crippen LogP contribution in [0.1, 0.15) is 46.0 Å². The van der Waals surface area contributed by atoms with Gasteiger partial charge in [-0.25, -0.2) is 8.42 Å². The van der Waals surface area contributed by atoms with Crippen LogP contribution in [-0.2, 0) is 14.6 Å². The fourth-order valence-electron chi connectivity index (χ4n) is 3.40. The van der Waals surface area contributed by atoms with Crippen LogP contribution in [0.25, 0.3) is 0 Å². The van der Waals surface area contributed by atoms with Gasteiger partial charge in [0.15, 0.2) is 9.84 Å². The zero-order valence-electron chi connectivity index (χ0n) is 12.1. The van der Waals surface area contributed by atoms with Crippen LogP contribution in [0.3, 0.4) is 0 Å². The van der Waals surface area contributed by atoms with Crippen LogP contribution in [0.4, 0.5) is 0 Å². The highest BCUT2D eigenvalue weighted by Crippen LogP contribution is 2.46. The second-order valence-corrected chi connectivity index (χ2v) is 9.25. The van der Waals surface area contributed by atoms with E-state index in [0.717, 1.165) is 25.7 Å². The van der Waals surface area contributed by atoms with Gasteiger partial charge in [0, 0.05) is 18.9 Å². The molecule has 6 heteroatoms. The normalized spacial score (nSPS) is 28.9. The Hall–Kier alpha value is -0.170. The summed E-state index contributed by atoms with van der Waals surface area (Å²) in [6.45, 7) is 4.23. The maximum Gasteiger partial charge on any atom is 0.154 e. The predicted molar refractivity (Wildman–Crippen MR) is 75.3 cm³/mol. The highest BCUT2D eigenvalue weighted by atomic mass is 32.2. The van der Waals surface area contributed by atoms with Gasteiger partial charge in [-0.05, 0) is 51.9 Å². The number of hydrogen-bond donors (Lipinski definition) is 2. The topological polar surface area (TPSA) is 81.4 Å². The third-order valence-electron chi connectivity index (χ3n) is 5.15. The number of nitrogens with one attached hydrogen (secondary N) is 1. The molecular weight excluding hydrogens is 264 g/mol. The molecule has 1 heterocycles. The second-order valence-electron chi connectivity index (χ2n) is 6.66. The summed E-state index contributed by atoms with van der Waals surface area (Å²) in [5.41, 5.74) is 2.78. The van der Waals surface area contributed by atoms with Crippen LogP contribution in [0, 0.1) is 5.92 Å². The Kier molecular flexibility index (Phi) is 3.99. The van der Waals surface area contributed by atoms with Crippen LogP contribution in [-0.4, -0.2) is 37.7 Å². The smallest absolute Gasteiger partial charge is 0.154 e. The van der Waals surface area contributed by atoms with Crippen molar-refractivity contribution < 1.29 is 13.2 Å². The van der Waals surface area contributed by atoms with Crippen molar-refractivity contribution in [3.63, 3.8) is 0 Å². The van der Waals surface area contributed by atoms with Gasteiger partial charge in [0.05, 0.1) is 10.3 Å². The summed E-state index contributed by atoms with van der Waals surface area (Å²) in [6.07, 6.45) is 6.48. The van der Waals surface area contributed by atoms with E-state index in [1.54, 1.807) is 13.8 Å². The summed E-state index contributed by atoms with van der Waals surface area (Å²) in [5, 5.41) is 0. The van der Waals surface area contributed by atoms with Gasteiger partial charge in [-0.15, -0.1) is 0 Å². The van der Waals surface area contributed by atoms with Crippen LogP contribution < -0.4 is 11.3 Å². The molecule has 0 aromatic heterocycles. The van der Waals surface area contributed by atoms with E-state index in [4.69, 9.17) is 10.6 Å². The summed E-state index contributed by atoms with van der Waals surface area (Å²) < 4.78 is 29.1. The molecule has 1 saturated heterocycles. The Labute approximate surface area is 116 Å². The molecule has 1 aliphatic carbocycles. The van der Waals surface area contributed by atoms with Crippen molar-refractivity contribution in [1.82, 2.24) is 5.43 Å². The van der Waals surface area contributed by atoms with Crippen molar-refractivity contribution in [2.75, 3.05) is 12.9 Å². The van der Waals surface area contributed by atoms with Crippen molar-refractivity contribution >= 4 is 9.84 Å². The van der Waals surface area contributed by atoms with Crippen molar-refractivity contribution in [2.24, 2.45) is 11.8 Å². The maximum atomic E-state index is 12.0. The highest BCUT2D eigenvalue weighted by molar-refractivity contribution is 7.92. The lowest BCUT2D eigenvalue weighted by atomic mass is 9.69. The molecule has 19 heavy (non-hydrogen) atoms. The molecular formula is C13H26N2O3S. The Morgan fingerprint density at radius 3 is 2.47 bits per heavy atom. The standard InChI is InChI=1S/C13H26N2O3S/c1-12(2,19(3,16)17)11(15-14)10-5-8-18-13(9-10)6-4-7-13/h10-11,15H,4-9,14H2,1-3H3. The molecule has 0 bridgehead atoms. The summed E-state index contributed by atoms with van der Waals surface area (Å²) in [6, 6.07) is -0.233. The monoisotopic (exact) mass is 290 g/mol. The van der Waals surface area contributed by atoms with Gasteiger partial charge in [-0.2, -0.15) is 0 Å². The summed E-state index contributed by atoms with van der Waals surface area (Å²) in [5.74, 6) is 5.93. The van der Waals surface area contributed by atoms with Crippen LogP contribution in [0.15, 0.2) is 0 Å². The lowest BCUT2D eigenvalue weighted by Gasteiger charge is -2.50. The largest absolute Gasteiger partial charge is 0.375 e. The quantitative estimate of drug-likeness (QED) is 0.596. The lowest BCUT2D eigenvalue weighted by Crippen LogP contribution is -2.60. The number of hydrazine groups is 1. The fraction of sp³-hybridized carbons (Fsp3) is 1.00. The van der Waals surface area contributed by atoms with E-state index in [9.17, 15) is 8.42 Å².